The van der Waals surface area contributed by atoms with Crippen molar-refractivity contribution in [1.29, 1.82) is 0 Å². The molecule has 1 aliphatic rings. The van der Waals surface area contributed by atoms with E-state index >= 15 is 0 Å². The fourth-order valence-corrected chi connectivity index (χ4v) is 3.28. The third-order valence-corrected chi connectivity index (χ3v) is 4.50. The van der Waals surface area contributed by atoms with Crippen molar-refractivity contribution in [2.24, 2.45) is 0 Å². The minimum atomic E-state index is -0.923. The largest absolute Gasteiger partial charge is 0.481 e. The lowest BCUT2D eigenvalue weighted by molar-refractivity contribution is -0.138. The topological polar surface area (TPSA) is 78.4 Å². The smallest absolute Gasteiger partial charge is 0.319 e. The zero-order valence-electron chi connectivity index (χ0n) is 11.3. The first-order valence-electron chi connectivity index (χ1n) is 6.66. The molecule has 0 aromatic heterocycles. The monoisotopic (exact) mass is 406 g/mol. The predicted octanol–water partition coefficient (Wildman–Crippen LogP) is 3.34. The van der Waals surface area contributed by atoms with Crippen LogP contribution in [0.1, 0.15) is 32.1 Å². The molecule has 3 N–H and O–H groups in total. The van der Waals surface area contributed by atoms with Gasteiger partial charge in [0.1, 0.15) is 5.82 Å². The number of aliphatic carboxylic acids is 1. The SMILES string of the molecule is O=C(O)CC1(NC(=O)Nc2ccc(F)cc2I)CCCC1. The summed E-state index contributed by atoms with van der Waals surface area (Å²) in [7, 11) is 0. The van der Waals surface area contributed by atoms with E-state index in [0.29, 0.717) is 22.1 Å². The summed E-state index contributed by atoms with van der Waals surface area (Å²) < 4.78 is 13.6. The van der Waals surface area contributed by atoms with Crippen LogP contribution in [-0.2, 0) is 4.79 Å². The van der Waals surface area contributed by atoms with Crippen LogP contribution >= 0.6 is 22.6 Å². The van der Waals surface area contributed by atoms with Crippen LogP contribution in [0.4, 0.5) is 14.9 Å². The van der Waals surface area contributed by atoms with Crippen molar-refractivity contribution >= 4 is 40.3 Å². The second-order valence-electron chi connectivity index (χ2n) is 5.26. The number of amides is 2. The Bertz CT molecular complexity index is 559. The molecule has 2 rings (SSSR count). The van der Waals surface area contributed by atoms with Gasteiger partial charge in [0.05, 0.1) is 17.6 Å². The van der Waals surface area contributed by atoms with Gasteiger partial charge < -0.3 is 15.7 Å². The molecular formula is C14H16FIN2O3. The number of benzene rings is 1. The molecule has 1 aromatic rings. The maximum atomic E-state index is 13.0. The van der Waals surface area contributed by atoms with Crippen LogP contribution in [0.5, 0.6) is 0 Å². The van der Waals surface area contributed by atoms with Gasteiger partial charge in [-0.25, -0.2) is 9.18 Å². The molecule has 0 saturated heterocycles. The molecule has 0 atom stereocenters. The van der Waals surface area contributed by atoms with E-state index in [0.717, 1.165) is 12.8 Å². The molecule has 0 radical (unpaired) electrons. The Morgan fingerprint density at radius 2 is 2.00 bits per heavy atom. The minimum Gasteiger partial charge on any atom is -0.481 e. The summed E-state index contributed by atoms with van der Waals surface area (Å²) in [4.78, 5) is 23.1. The van der Waals surface area contributed by atoms with E-state index < -0.39 is 17.5 Å². The van der Waals surface area contributed by atoms with Crippen molar-refractivity contribution in [2.75, 3.05) is 5.32 Å². The van der Waals surface area contributed by atoms with Crippen LogP contribution in [0.2, 0.25) is 0 Å². The number of carboxylic acid groups (broad SMARTS) is 1. The Hall–Kier alpha value is -1.38. The molecule has 2 amide bonds. The lowest BCUT2D eigenvalue weighted by atomic mass is 9.93. The fraction of sp³-hybridized carbons (Fsp3) is 0.429. The van der Waals surface area contributed by atoms with E-state index in [4.69, 9.17) is 5.11 Å². The molecule has 5 nitrogen and oxygen atoms in total. The van der Waals surface area contributed by atoms with Crippen molar-refractivity contribution in [3.63, 3.8) is 0 Å². The molecule has 0 spiro atoms. The van der Waals surface area contributed by atoms with Crippen LogP contribution in [-0.4, -0.2) is 22.6 Å². The first kappa shape index (κ1) is 16.0. The van der Waals surface area contributed by atoms with Crippen LogP contribution in [0.15, 0.2) is 18.2 Å². The van der Waals surface area contributed by atoms with E-state index in [1.807, 2.05) is 22.6 Å². The van der Waals surface area contributed by atoms with Crippen LogP contribution in [0, 0.1) is 9.39 Å². The lowest BCUT2D eigenvalue weighted by Gasteiger charge is -2.28. The number of nitrogens with one attached hydrogen (secondary N) is 2. The molecule has 0 heterocycles. The number of hydrogen-bond donors (Lipinski definition) is 3. The number of carboxylic acids is 1. The Kier molecular flexibility index (Phi) is 5.02. The molecule has 7 heteroatoms. The van der Waals surface area contributed by atoms with Crippen molar-refractivity contribution < 1.29 is 19.1 Å². The molecular weight excluding hydrogens is 390 g/mol. The summed E-state index contributed by atoms with van der Waals surface area (Å²) in [5, 5.41) is 14.4. The zero-order valence-corrected chi connectivity index (χ0v) is 13.4. The van der Waals surface area contributed by atoms with Crippen molar-refractivity contribution in [3.05, 3.63) is 27.6 Å². The number of carbonyl (C=O) groups excluding carboxylic acids is 1. The number of hydrogen-bond acceptors (Lipinski definition) is 2. The first-order chi connectivity index (χ1) is 9.90. The van der Waals surface area contributed by atoms with Gasteiger partial charge in [0.2, 0.25) is 0 Å². The van der Waals surface area contributed by atoms with E-state index in [2.05, 4.69) is 10.6 Å². The second-order valence-corrected chi connectivity index (χ2v) is 6.42. The second kappa shape index (κ2) is 6.59. The Labute approximate surface area is 135 Å². The molecule has 1 aromatic carbocycles. The van der Waals surface area contributed by atoms with Crippen molar-refractivity contribution in [1.82, 2.24) is 5.32 Å². The highest BCUT2D eigenvalue weighted by Gasteiger charge is 2.37. The predicted molar refractivity (Wildman–Crippen MR) is 84.7 cm³/mol. The van der Waals surface area contributed by atoms with E-state index in [-0.39, 0.29) is 12.2 Å². The van der Waals surface area contributed by atoms with Gasteiger partial charge in [0, 0.05) is 3.57 Å². The maximum Gasteiger partial charge on any atom is 0.319 e. The molecule has 114 valence electrons. The average Bonchev–Trinajstić information content (AvgIpc) is 2.80. The summed E-state index contributed by atoms with van der Waals surface area (Å²) in [5.74, 6) is -1.29. The maximum absolute atomic E-state index is 13.0. The highest BCUT2D eigenvalue weighted by atomic mass is 127. The quantitative estimate of drug-likeness (QED) is 0.672. The number of carbonyl (C=O) groups is 2. The van der Waals surface area contributed by atoms with Gasteiger partial charge in [0.25, 0.3) is 0 Å². The van der Waals surface area contributed by atoms with Gasteiger partial charge in [-0.2, -0.15) is 0 Å². The van der Waals surface area contributed by atoms with Crippen molar-refractivity contribution in [2.45, 2.75) is 37.6 Å². The van der Waals surface area contributed by atoms with Gasteiger partial charge in [-0.15, -0.1) is 0 Å². The summed E-state index contributed by atoms with van der Waals surface area (Å²) in [6.07, 6.45) is 3.05. The highest BCUT2D eigenvalue weighted by molar-refractivity contribution is 14.1. The molecule has 1 aliphatic carbocycles. The van der Waals surface area contributed by atoms with Crippen LogP contribution in [0.3, 0.4) is 0 Å². The van der Waals surface area contributed by atoms with Gasteiger partial charge in [-0.05, 0) is 53.6 Å². The number of urea groups is 1. The van der Waals surface area contributed by atoms with Gasteiger partial charge in [-0.1, -0.05) is 12.8 Å². The number of rotatable bonds is 4. The number of halogens is 2. The third-order valence-electron chi connectivity index (χ3n) is 3.61. The molecule has 0 unspecified atom stereocenters. The van der Waals surface area contributed by atoms with Gasteiger partial charge in [-0.3, -0.25) is 4.79 Å². The van der Waals surface area contributed by atoms with Crippen LogP contribution in [0.25, 0.3) is 0 Å². The Morgan fingerprint density at radius 1 is 1.33 bits per heavy atom. The minimum absolute atomic E-state index is 0.0824. The summed E-state index contributed by atoms with van der Waals surface area (Å²) >= 11 is 1.93. The summed E-state index contributed by atoms with van der Waals surface area (Å²) in [5.41, 5.74) is -0.181. The molecule has 1 saturated carbocycles. The summed E-state index contributed by atoms with van der Waals surface area (Å²) in [6.45, 7) is 0. The van der Waals surface area contributed by atoms with E-state index in [9.17, 15) is 14.0 Å². The van der Waals surface area contributed by atoms with E-state index in [1.165, 1.54) is 18.2 Å². The molecule has 21 heavy (non-hydrogen) atoms. The Morgan fingerprint density at radius 3 is 2.57 bits per heavy atom. The van der Waals surface area contributed by atoms with E-state index in [1.54, 1.807) is 0 Å². The molecule has 0 aliphatic heterocycles. The van der Waals surface area contributed by atoms with Gasteiger partial charge in [0.15, 0.2) is 0 Å². The zero-order chi connectivity index (χ0) is 15.5. The molecule has 0 bridgehead atoms. The Balaban J connectivity index is 2.04. The van der Waals surface area contributed by atoms with Gasteiger partial charge >= 0.3 is 12.0 Å². The van der Waals surface area contributed by atoms with Crippen molar-refractivity contribution in [3.8, 4) is 0 Å². The average molecular weight is 406 g/mol. The standard InChI is InChI=1S/C14H16FIN2O3/c15-9-3-4-11(10(16)7-9)17-13(21)18-14(8-12(19)20)5-1-2-6-14/h3-4,7H,1-2,5-6,8H2,(H,19,20)(H2,17,18,21). The summed E-state index contributed by atoms with van der Waals surface area (Å²) in [6, 6.07) is 3.61. The van der Waals surface area contributed by atoms with Crippen LogP contribution < -0.4 is 10.6 Å². The third kappa shape index (κ3) is 4.29. The lowest BCUT2D eigenvalue weighted by Crippen LogP contribution is -2.49. The first-order valence-corrected chi connectivity index (χ1v) is 7.74. The number of anilines is 1. The molecule has 1 fully saturated rings. The normalized spacial score (nSPS) is 16.5. The highest BCUT2D eigenvalue weighted by Crippen LogP contribution is 2.32. The fourth-order valence-electron chi connectivity index (χ4n) is 2.67.